The van der Waals surface area contributed by atoms with Crippen LogP contribution < -0.4 is 10.9 Å². The second kappa shape index (κ2) is 8.96. The summed E-state index contributed by atoms with van der Waals surface area (Å²) in [7, 11) is 0. The fourth-order valence-corrected chi connectivity index (χ4v) is 2.02. The number of hydrazine groups is 1. The van der Waals surface area contributed by atoms with Gasteiger partial charge in [0.2, 0.25) is 0 Å². The van der Waals surface area contributed by atoms with Crippen LogP contribution in [0.25, 0.3) is 0 Å². The zero-order valence-electron chi connectivity index (χ0n) is 14.0. The molecule has 0 aromatic rings. The molecule has 0 atom stereocenters. The van der Waals surface area contributed by atoms with Gasteiger partial charge in [0.1, 0.15) is 5.60 Å². The molecule has 2 N–H and O–H groups in total. The van der Waals surface area contributed by atoms with E-state index < -0.39 is 5.60 Å². The SMILES string of the molecule is CC(C)(C)OC(=O)N1CCN(C(=O)C2=C[C-]=CNN2)CC1.[CH3-].[W+2]. The van der Waals surface area contributed by atoms with Crippen LogP contribution in [0.15, 0.2) is 18.0 Å². The molecule has 2 aliphatic rings. The van der Waals surface area contributed by atoms with Crippen molar-refractivity contribution >= 4 is 12.0 Å². The monoisotopic (exact) mass is 492 g/mol. The third-order valence-corrected chi connectivity index (χ3v) is 3.04. The Kier molecular flexibility index (Phi) is 8.38. The van der Waals surface area contributed by atoms with Gasteiger partial charge in [0.15, 0.2) is 5.91 Å². The topological polar surface area (TPSA) is 73.9 Å². The Morgan fingerprint density at radius 1 is 1.17 bits per heavy atom. The van der Waals surface area contributed by atoms with E-state index >= 15 is 0 Å². The van der Waals surface area contributed by atoms with Gasteiger partial charge in [-0.3, -0.25) is 4.79 Å². The summed E-state index contributed by atoms with van der Waals surface area (Å²) < 4.78 is 5.32. The first-order chi connectivity index (χ1) is 9.87. The summed E-state index contributed by atoms with van der Waals surface area (Å²) in [5.41, 5.74) is 5.44. The fraction of sp³-hybridized carbons (Fsp3) is 0.533. The number of carbonyl (C=O) groups excluding carboxylic acids is 2. The zero-order chi connectivity index (χ0) is 15.5. The number of allylic oxidation sites excluding steroid dienone is 2. The van der Waals surface area contributed by atoms with E-state index in [0.717, 1.165) is 0 Å². The summed E-state index contributed by atoms with van der Waals surface area (Å²) in [4.78, 5) is 27.5. The molecular weight excluding hydrogens is 468 g/mol. The molecule has 8 heteroatoms. The van der Waals surface area contributed by atoms with Gasteiger partial charge in [0.05, 0.1) is 0 Å². The van der Waals surface area contributed by atoms with E-state index in [4.69, 9.17) is 4.74 Å². The van der Waals surface area contributed by atoms with Gasteiger partial charge in [-0.25, -0.2) is 16.9 Å². The number of piperazine rings is 1. The van der Waals surface area contributed by atoms with Crippen molar-refractivity contribution in [2.75, 3.05) is 26.2 Å². The van der Waals surface area contributed by atoms with Gasteiger partial charge < -0.3 is 32.8 Å². The Hall–Kier alpha value is -1.49. The largest absolute Gasteiger partial charge is 2.00 e. The Morgan fingerprint density at radius 2 is 1.74 bits per heavy atom. The van der Waals surface area contributed by atoms with E-state index in [-0.39, 0.29) is 40.5 Å². The maximum atomic E-state index is 12.2. The average molecular weight is 492 g/mol. The molecule has 1 fully saturated rings. The van der Waals surface area contributed by atoms with E-state index in [1.54, 1.807) is 22.1 Å². The van der Waals surface area contributed by atoms with Gasteiger partial charge in [0, 0.05) is 26.2 Å². The molecule has 1 saturated heterocycles. The van der Waals surface area contributed by atoms with Crippen molar-refractivity contribution in [3.63, 3.8) is 0 Å². The van der Waals surface area contributed by atoms with Gasteiger partial charge >= 0.3 is 27.2 Å². The average Bonchev–Trinajstić information content (AvgIpc) is 2.46. The molecule has 0 aromatic heterocycles. The summed E-state index contributed by atoms with van der Waals surface area (Å²) in [6.07, 6.45) is 5.66. The molecule has 0 radical (unpaired) electrons. The standard InChI is InChI=1S/C14H21N4O3.CH3.W/c1-14(2,3)21-13(20)18-9-7-17(8-10-18)12(19)11-5-4-6-15-16-11;;/h5-6,15-16H,7-10H2,1-3H3;1H3;/q2*-1;+2. The van der Waals surface area contributed by atoms with Crippen molar-refractivity contribution in [3.8, 4) is 0 Å². The van der Waals surface area contributed by atoms with E-state index in [9.17, 15) is 9.59 Å². The number of ether oxygens (including phenoxy) is 1. The van der Waals surface area contributed by atoms with Crippen molar-refractivity contribution in [1.82, 2.24) is 20.7 Å². The number of nitrogens with one attached hydrogen (secondary N) is 2. The zero-order valence-corrected chi connectivity index (χ0v) is 16.9. The fourth-order valence-electron chi connectivity index (χ4n) is 2.02. The molecule has 0 bridgehead atoms. The molecular formula is C15H24N4O3W. The van der Waals surface area contributed by atoms with E-state index in [1.807, 2.05) is 20.8 Å². The summed E-state index contributed by atoms with van der Waals surface area (Å²) in [6, 6.07) is 0. The minimum absolute atomic E-state index is 0. The third kappa shape index (κ3) is 6.26. The predicted octanol–water partition coefficient (Wildman–Crippen LogP) is 0.822. The summed E-state index contributed by atoms with van der Waals surface area (Å²) in [5, 5.41) is 0. The van der Waals surface area contributed by atoms with Gasteiger partial charge in [0.25, 0.3) is 0 Å². The molecule has 0 spiro atoms. The van der Waals surface area contributed by atoms with Crippen LogP contribution in [0.4, 0.5) is 4.79 Å². The Labute approximate surface area is 152 Å². The summed E-state index contributed by atoms with van der Waals surface area (Å²) in [6.45, 7) is 7.43. The molecule has 128 valence electrons. The number of hydrogen-bond donors (Lipinski definition) is 2. The molecule has 0 saturated carbocycles. The van der Waals surface area contributed by atoms with E-state index in [2.05, 4.69) is 16.9 Å². The summed E-state index contributed by atoms with van der Waals surface area (Å²) >= 11 is 0. The molecule has 0 aliphatic carbocycles. The number of nitrogens with zero attached hydrogens (tertiary/aromatic N) is 2. The smallest absolute Gasteiger partial charge is 0.444 e. The Bertz CT molecular complexity index is 478. The molecule has 2 rings (SSSR count). The molecule has 0 aromatic carbocycles. The molecule has 2 aliphatic heterocycles. The number of amides is 2. The minimum atomic E-state index is -0.505. The molecule has 2 amide bonds. The van der Waals surface area contributed by atoms with E-state index in [0.29, 0.717) is 31.9 Å². The maximum Gasteiger partial charge on any atom is 2.00 e. The van der Waals surface area contributed by atoms with Crippen LogP contribution in [0.3, 0.4) is 0 Å². The number of carbonyl (C=O) groups is 2. The Morgan fingerprint density at radius 3 is 2.22 bits per heavy atom. The first-order valence-electron chi connectivity index (χ1n) is 6.93. The molecule has 2 heterocycles. The molecule has 23 heavy (non-hydrogen) atoms. The first-order valence-corrected chi connectivity index (χ1v) is 6.93. The molecule has 0 unspecified atom stereocenters. The van der Waals surface area contributed by atoms with Crippen molar-refractivity contribution in [1.29, 1.82) is 0 Å². The minimum Gasteiger partial charge on any atom is -0.444 e. The second-order valence-corrected chi connectivity index (χ2v) is 5.90. The van der Waals surface area contributed by atoms with Crippen LogP contribution in [-0.4, -0.2) is 53.6 Å². The summed E-state index contributed by atoms with van der Waals surface area (Å²) in [5.74, 6) is -0.105. The van der Waals surface area contributed by atoms with Crippen molar-refractivity contribution in [3.05, 3.63) is 31.5 Å². The quantitative estimate of drug-likeness (QED) is 0.531. The van der Waals surface area contributed by atoms with Crippen LogP contribution in [0.2, 0.25) is 0 Å². The number of rotatable bonds is 1. The van der Waals surface area contributed by atoms with Crippen LogP contribution in [0.1, 0.15) is 20.8 Å². The predicted molar refractivity (Wildman–Crippen MR) is 83.0 cm³/mol. The van der Waals surface area contributed by atoms with Crippen LogP contribution in [0, 0.1) is 13.5 Å². The second-order valence-electron chi connectivity index (χ2n) is 5.90. The van der Waals surface area contributed by atoms with Crippen LogP contribution >= 0.6 is 0 Å². The van der Waals surface area contributed by atoms with E-state index in [1.165, 1.54) is 0 Å². The first kappa shape index (κ1) is 21.5. The van der Waals surface area contributed by atoms with Crippen LogP contribution in [0.5, 0.6) is 0 Å². The van der Waals surface area contributed by atoms with Gasteiger partial charge in [-0.2, -0.15) is 0 Å². The van der Waals surface area contributed by atoms with Crippen molar-refractivity contribution in [2.45, 2.75) is 26.4 Å². The Balaban J connectivity index is 0.00000242. The van der Waals surface area contributed by atoms with Crippen molar-refractivity contribution in [2.24, 2.45) is 0 Å². The third-order valence-electron chi connectivity index (χ3n) is 3.04. The van der Waals surface area contributed by atoms with Crippen molar-refractivity contribution < 1.29 is 35.4 Å². The maximum absolute atomic E-state index is 12.2. The normalized spacial score (nSPS) is 16.9. The van der Waals surface area contributed by atoms with Gasteiger partial charge in [-0.15, -0.1) is 0 Å². The van der Waals surface area contributed by atoms with Crippen LogP contribution in [-0.2, 0) is 30.6 Å². The molecule has 7 nitrogen and oxygen atoms in total. The van der Waals surface area contributed by atoms with Gasteiger partial charge in [-0.05, 0) is 26.5 Å². The number of hydrogen-bond acceptors (Lipinski definition) is 5. The van der Waals surface area contributed by atoms with Gasteiger partial charge in [-0.1, -0.05) is 6.20 Å².